The molecule has 0 atom stereocenters. The number of nitrogens with zero attached hydrogens (tertiary/aromatic N) is 3. The molecule has 0 unspecified atom stereocenters. The zero-order chi connectivity index (χ0) is 19.4. The Kier molecular flexibility index (Phi) is 5.11. The van der Waals surface area contributed by atoms with Crippen LogP contribution in [0.3, 0.4) is 0 Å². The van der Waals surface area contributed by atoms with E-state index in [1.54, 1.807) is 12.1 Å². The highest BCUT2D eigenvalue weighted by atomic mass is 19.4. The monoisotopic (exact) mass is 377 g/mol. The molecule has 9 heteroatoms. The third-order valence-electron chi connectivity index (χ3n) is 3.71. The summed E-state index contributed by atoms with van der Waals surface area (Å²) in [6.45, 7) is 0. The van der Waals surface area contributed by atoms with Crippen LogP contribution < -0.4 is 4.74 Å². The maximum Gasteiger partial charge on any atom is 0.573 e. The van der Waals surface area contributed by atoms with E-state index in [0.717, 1.165) is 5.56 Å². The zero-order valence-corrected chi connectivity index (χ0v) is 13.8. The molecule has 6 nitrogen and oxygen atoms in total. The predicted molar refractivity (Wildman–Crippen MR) is 88.9 cm³/mol. The number of aromatic nitrogens is 3. The summed E-state index contributed by atoms with van der Waals surface area (Å²) in [5, 5.41) is 13.2. The van der Waals surface area contributed by atoms with Gasteiger partial charge in [-0.15, -0.1) is 13.2 Å². The quantitative estimate of drug-likeness (QED) is 0.710. The van der Waals surface area contributed by atoms with Gasteiger partial charge in [0.15, 0.2) is 5.82 Å². The SMILES string of the molecule is O=C(O)c1ccc(CCc2ncn(-c3ccc(OC(F)(F)F)cc3)n2)cc1. The second-order valence-electron chi connectivity index (χ2n) is 5.65. The number of rotatable bonds is 6. The first-order chi connectivity index (χ1) is 12.8. The third-order valence-corrected chi connectivity index (χ3v) is 3.71. The number of halogens is 3. The van der Waals surface area contributed by atoms with Gasteiger partial charge in [0, 0.05) is 6.42 Å². The Hall–Kier alpha value is -3.36. The van der Waals surface area contributed by atoms with Gasteiger partial charge in [-0.1, -0.05) is 12.1 Å². The molecule has 1 aromatic heterocycles. The molecule has 3 rings (SSSR count). The first-order valence-corrected chi connectivity index (χ1v) is 7.89. The summed E-state index contributed by atoms with van der Waals surface area (Å²) in [6.07, 6.45) is -2.09. The first-order valence-electron chi connectivity index (χ1n) is 7.89. The Morgan fingerprint density at radius 1 is 1.04 bits per heavy atom. The molecule has 1 N–H and O–H groups in total. The van der Waals surface area contributed by atoms with Crippen LogP contribution in [0.25, 0.3) is 5.69 Å². The van der Waals surface area contributed by atoms with E-state index in [-0.39, 0.29) is 11.3 Å². The number of hydrogen-bond donors (Lipinski definition) is 1. The molecule has 0 aliphatic heterocycles. The topological polar surface area (TPSA) is 77.2 Å². The van der Waals surface area contributed by atoms with Crippen molar-refractivity contribution < 1.29 is 27.8 Å². The minimum absolute atomic E-state index is 0.221. The number of carboxylic acids is 1. The molecular weight excluding hydrogens is 363 g/mol. The van der Waals surface area contributed by atoms with Crippen molar-refractivity contribution in [2.45, 2.75) is 19.2 Å². The van der Waals surface area contributed by atoms with Gasteiger partial charge in [0.25, 0.3) is 0 Å². The van der Waals surface area contributed by atoms with Crippen LogP contribution in [-0.4, -0.2) is 32.2 Å². The summed E-state index contributed by atoms with van der Waals surface area (Å²) in [4.78, 5) is 15.0. The summed E-state index contributed by atoms with van der Waals surface area (Å²) in [5.74, 6) is -0.724. The molecule has 0 saturated heterocycles. The van der Waals surface area contributed by atoms with E-state index >= 15 is 0 Å². The number of carboxylic acid groups (broad SMARTS) is 1. The normalized spacial score (nSPS) is 11.4. The van der Waals surface area contributed by atoms with Crippen molar-refractivity contribution in [1.82, 2.24) is 14.8 Å². The smallest absolute Gasteiger partial charge is 0.478 e. The van der Waals surface area contributed by atoms with Gasteiger partial charge in [-0.2, -0.15) is 5.10 Å². The number of alkyl halides is 3. The zero-order valence-electron chi connectivity index (χ0n) is 13.8. The van der Waals surface area contributed by atoms with Gasteiger partial charge >= 0.3 is 12.3 Å². The second kappa shape index (κ2) is 7.48. The van der Waals surface area contributed by atoms with Gasteiger partial charge in [-0.25, -0.2) is 14.5 Å². The number of aryl methyl sites for hydroxylation is 2. The highest BCUT2D eigenvalue weighted by Gasteiger charge is 2.30. The van der Waals surface area contributed by atoms with Gasteiger partial charge in [-0.05, 0) is 48.4 Å². The Morgan fingerprint density at radius 2 is 1.70 bits per heavy atom. The number of hydrogen-bond acceptors (Lipinski definition) is 4. The Bertz CT molecular complexity index is 920. The fraction of sp³-hybridized carbons (Fsp3) is 0.167. The average molecular weight is 377 g/mol. The Labute approximate surface area is 151 Å². The molecule has 0 aliphatic rings. The molecule has 0 aliphatic carbocycles. The third kappa shape index (κ3) is 5.06. The van der Waals surface area contributed by atoms with Crippen LogP contribution in [0, 0.1) is 0 Å². The van der Waals surface area contributed by atoms with E-state index in [1.165, 1.54) is 47.4 Å². The van der Waals surface area contributed by atoms with Crippen molar-refractivity contribution in [2.75, 3.05) is 0 Å². The van der Waals surface area contributed by atoms with Crippen LogP contribution >= 0.6 is 0 Å². The fourth-order valence-electron chi connectivity index (χ4n) is 2.41. The van der Waals surface area contributed by atoms with Crippen molar-refractivity contribution in [3.8, 4) is 11.4 Å². The largest absolute Gasteiger partial charge is 0.573 e. The van der Waals surface area contributed by atoms with Crippen LogP contribution in [0.5, 0.6) is 5.75 Å². The van der Waals surface area contributed by atoms with Crippen molar-refractivity contribution >= 4 is 5.97 Å². The predicted octanol–water partition coefficient (Wildman–Crippen LogP) is 3.65. The molecule has 3 aromatic rings. The lowest BCUT2D eigenvalue weighted by atomic mass is 10.1. The molecule has 2 aromatic carbocycles. The summed E-state index contributed by atoms with van der Waals surface area (Å²) in [6, 6.07) is 11.8. The molecule has 0 radical (unpaired) electrons. The lowest BCUT2D eigenvalue weighted by molar-refractivity contribution is -0.274. The van der Waals surface area contributed by atoms with E-state index in [0.29, 0.717) is 24.4 Å². The Balaban J connectivity index is 1.62. The van der Waals surface area contributed by atoms with Gasteiger partial charge < -0.3 is 9.84 Å². The van der Waals surface area contributed by atoms with Crippen molar-refractivity contribution in [2.24, 2.45) is 0 Å². The van der Waals surface area contributed by atoms with Gasteiger partial charge in [-0.3, -0.25) is 0 Å². The maximum absolute atomic E-state index is 12.2. The number of benzene rings is 2. The van der Waals surface area contributed by atoms with E-state index in [1.807, 2.05) is 0 Å². The molecule has 27 heavy (non-hydrogen) atoms. The van der Waals surface area contributed by atoms with Crippen molar-refractivity contribution in [3.63, 3.8) is 0 Å². The lowest BCUT2D eigenvalue weighted by Gasteiger charge is -2.09. The molecule has 0 amide bonds. The van der Waals surface area contributed by atoms with Gasteiger partial charge in [0.1, 0.15) is 12.1 Å². The van der Waals surface area contributed by atoms with Crippen molar-refractivity contribution in [3.05, 3.63) is 71.8 Å². The maximum atomic E-state index is 12.2. The first kappa shape index (κ1) is 18.4. The van der Waals surface area contributed by atoms with Crippen molar-refractivity contribution in [1.29, 1.82) is 0 Å². The van der Waals surface area contributed by atoms with Crippen LogP contribution in [0.4, 0.5) is 13.2 Å². The summed E-state index contributed by atoms with van der Waals surface area (Å²) < 4.78 is 41.8. The Morgan fingerprint density at radius 3 is 2.30 bits per heavy atom. The van der Waals surface area contributed by atoms with Crippen LogP contribution in [-0.2, 0) is 12.8 Å². The van der Waals surface area contributed by atoms with E-state index in [9.17, 15) is 18.0 Å². The fourth-order valence-corrected chi connectivity index (χ4v) is 2.41. The molecule has 140 valence electrons. The van der Waals surface area contributed by atoms with Crippen LogP contribution in [0.15, 0.2) is 54.9 Å². The number of aromatic carboxylic acids is 1. The molecule has 1 heterocycles. The van der Waals surface area contributed by atoms with E-state index < -0.39 is 12.3 Å². The second-order valence-corrected chi connectivity index (χ2v) is 5.65. The molecule has 0 bridgehead atoms. The molecule has 0 fully saturated rings. The highest BCUT2D eigenvalue weighted by molar-refractivity contribution is 5.87. The molecule has 0 spiro atoms. The lowest BCUT2D eigenvalue weighted by Crippen LogP contribution is -2.17. The average Bonchev–Trinajstić information content (AvgIpc) is 3.08. The standard InChI is InChI=1S/C18H14F3N3O3/c19-18(20,21)27-15-8-6-14(7-9-15)24-11-22-16(23-24)10-3-12-1-4-13(5-2-12)17(25)26/h1-2,4-9,11H,3,10H2,(H,25,26). The molecular formula is C18H14F3N3O3. The number of carbonyl (C=O) groups is 1. The molecule has 0 saturated carbocycles. The summed E-state index contributed by atoms with van der Waals surface area (Å²) >= 11 is 0. The summed E-state index contributed by atoms with van der Waals surface area (Å²) in [7, 11) is 0. The van der Waals surface area contributed by atoms with E-state index in [2.05, 4.69) is 14.8 Å². The summed E-state index contributed by atoms with van der Waals surface area (Å²) in [5.41, 5.74) is 1.72. The minimum Gasteiger partial charge on any atom is -0.478 e. The number of ether oxygens (including phenoxy) is 1. The van der Waals surface area contributed by atoms with Crippen LogP contribution in [0.1, 0.15) is 21.7 Å². The van der Waals surface area contributed by atoms with Gasteiger partial charge in [0.05, 0.1) is 11.3 Å². The van der Waals surface area contributed by atoms with Gasteiger partial charge in [0.2, 0.25) is 0 Å². The van der Waals surface area contributed by atoms with Crippen LogP contribution in [0.2, 0.25) is 0 Å². The minimum atomic E-state index is -4.73. The highest BCUT2D eigenvalue weighted by Crippen LogP contribution is 2.23. The van der Waals surface area contributed by atoms with E-state index in [4.69, 9.17) is 5.11 Å².